The third-order valence-electron chi connectivity index (χ3n) is 5.11. The molecule has 32 heavy (non-hydrogen) atoms. The summed E-state index contributed by atoms with van der Waals surface area (Å²) in [6.07, 6.45) is 5.50. The standard InChI is InChI=1S/C25H23ClN2O2S2/c26-23-10-6-20(7-11-23)17-31-25(16-28-15-14-27-19-28)22-8-12-24(13-9-22)32(29,30)18-21-4-2-1-3-5-21/h1-15,19,25H,16-18H2. The molecule has 0 spiro atoms. The summed E-state index contributed by atoms with van der Waals surface area (Å²) in [7, 11) is -3.40. The number of halogens is 1. The molecule has 0 bridgehead atoms. The quantitative estimate of drug-likeness (QED) is 0.285. The van der Waals surface area contributed by atoms with Gasteiger partial charge in [-0.2, -0.15) is 0 Å². The summed E-state index contributed by atoms with van der Waals surface area (Å²) in [5, 5.41) is 0.867. The summed E-state index contributed by atoms with van der Waals surface area (Å²) in [6, 6.07) is 24.4. The molecule has 4 rings (SSSR count). The number of imidazole rings is 1. The SMILES string of the molecule is O=S(=O)(Cc1ccccc1)c1ccc(C(Cn2ccnc2)SCc2ccc(Cl)cc2)cc1. The second-order valence-electron chi connectivity index (χ2n) is 7.50. The minimum atomic E-state index is -3.40. The van der Waals surface area contributed by atoms with E-state index in [9.17, 15) is 8.42 Å². The van der Waals surface area contributed by atoms with Crippen LogP contribution in [0.4, 0.5) is 0 Å². The van der Waals surface area contributed by atoms with E-state index in [0.29, 0.717) is 4.90 Å². The van der Waals surface area contributed by atoms with Gasteiger partial charge in [0.1, 0.15) is 0 Å². The van der Waals surface area contributed by atoms with E-state index in [4.69, 9.17) is 11.6 Å². The highest BCUT2D eigenvalue weighted by Crippen LogP contribution is 2.34. The number of benzene rings is 3. The van der Waals surface area contributed by atoms with Crippen LogP contribution in [-0.4, -0.2) is 18.0 Å². The van der Waals surface area contributed by atoms with E-state index in [-0.39, 0.29) is 11.0 Å². The molecule has 4 aromatic rings. The average molecular weight is 483 g/mol. The summed E-state index contributed by atoms with van der Waals surface area (Å²) >= 11 is 7.81. The summed E-state index contributed by atoms with van der Waals surface area (Å²) in [6.45, 7) is 0.744. The van der Waals surface area contributed by atoms with Gasteiger partial charge in [0.05, 0.1) is 17.0 Å². The number of hydrogen-bond acceptors (Lipinski definition) is 4. The van der Waals surface area contributed by atoms with Gasteiger partial charge in [-0.1, -0.05) is 66.2 Å². The molecule has 0 radical (unpaired) electrons. The monoisotopic (exact) mass is 482 g/mol. The number of aromatic nitrogens is 2. The molecular weight excluding hydrogens is 460 g/mol. The minimum Gasteiger partial charge on any atom is -0.336 e. The zero-order valence-corrected chi connectivity index (χ0v) is 19.7. The van der Waals surface area contributed by atoms with Gasteiger partial charge in [-0.15, -0.1) is 11.8 Å². The molecule has 3 aromatic carbocycles. The van der Waals surface area contributed by atoms with Gasteiger partial charge in [-0.25, -0.2) is 13.4 Å². The first-order valence-electron chi connectivity index (χ1n) is 10.2. The minimum absolute atomic E-state index is 0.00301. The molecule has 1 heterocycles. The van der Waals surface area contributed by atoms with Crippen LogP contribution in [0.3, 0.4) is 0 Å². The van der Waals surface area contributed by atoms with Crippen molar-refractivity contribution < 1.29 is 8.42 Å². The molecule has 0 aliphatic carbocycles. The van der Waals surface area contributed by atoms with E-state index < -0.39 is 9.84 Å². The highest BCUT2D eigenvalue weighted by Gasteiger charge is 2.18. The van der Waals surface area contributed by atoms with Crippen LogP contribution in [0.1, 0.15) is 21.9 Å². The van der Waals surface area contributed by atoms with E-state index in [0.717, 1.165) is 28.4 Å². The maximum atomic E-state index is 12.8. The first-order valence-corrected chi connectivity index (χ1v) is 13.3. The number of nitrogens with zero attached hydrogens (tertiary/aromatic N) is 2. The van der Waals surface area contributed by atoms with E-state index in [1.165, 1.54) is 5.56 Å². The van der Waals surface area contributed by atoms with Gasteiger partial charge < -0.3 is 4.57 Å². The molecule has 0 aliphatic rings. The Labute approximate surface area is 198 Å². The zero-order chi connectivity index (χ0) is 22.4. The van der Waals surface area contributed by atoms with Crippen molar-refractivity contribution in [3.05, 3.63) is 119 Å². The largest absolute Gasteiger partial charge is 0.336 e. The topological polar surface area (TPSA) is 52.0 Å². The normalized spacial score (nSPS) is 12.5. The molecule has 0 fully saturated rings. The van der Waals surface area contributed by atoms with Crippen LogP contribution in [0.15, 0.2) is 102 Å². The molecule has 1 unspecified atom stereocenters. The van der Waals surface area contributed by atoms with Crippen molar-refractivity contribution in [1.82, 2.24) is 9.55 Å². The summed E-state index contributed by atoms with van der Waals surface area (Å²) in [5.41, 5.74) is 3.06. The Morgan fingerprint density at radius 3 is 2.28 bits per heavy atom. The molecule has 0 saturated heterocycles. The van der Waals surface area contributed by atoms with Gasteiger partial charge in [0, 0.05) is 35.0 Å². The fourth-order valence-corrected chi connectivity index (χ4v) is 6.07. The maximum Gasteiger partial charge on any atom is 0.182 e. The second-order valence-corrected chi connectivity index (χ2v) is 11.1. The summed E-state index contributed by atoms with van der Waals surface area (Å²) in [4.78, 5) is 4.48. The maximum absolute atomic E-state index is 12.8. The van der Waals surface area contributed by atoms with Gasteiger partial charge >= 0.3 is 0 Å². The third kappa shape index (κ3) is 6.03. The van der Waals surface area contributed by atoms with Gasteiger partial charge in [0.25, 0.3) is 0 Å². The first-order chi connectivity index (χ1) is 15.5. The van der Waals surface area contributed by atoms with Gasteiger partial charge in [-0.3, -0.25) is 0 Å². The van der Waals surface area contributed by atoms with Gasteiger partial charge in [-0.05, 0) is 41.0 Å². The van der Waals surface area contributed by atoms with Crippen molar-refractivity contribution >= 4 is 33.2 Å². The molecule has 0 N–H and O–H groups in total. The highest BCUT2D eigenvalue weighted by molar-refractivity contribution is 7.98. The number of thioether (sulfide) groups is 1. The fraction of sp³-hybridized carbons (Fsp3) is 0.160. The molecule has 164 valence electrons. The van der Waals surface area contributed by atoms with Crippen LogP contribution in [0.2, 0.25) is 5.02 Å². The Morgan fingerprint density at radius 1 is 0.906 bits per heavy atom. The van der Waals surface area contributed by atoms with Gasteiger partial charge in [0.2, 0.25) is 0 Å². The molecule has 4 nitrogen and oxygen atoms in total. The Hall–Kier alpha value is -2.54. The van der Waals surface area contributed by atoms with Crippen molar-refractivity contribution in [2.75, 3.05) is 0 Å². The van der Waals surface area contributed by atoms with E-state index in [1.54, 1.807) is 36.4 Å². The van der Waals surface area contributed by atoms with Crippen LogP contribution in [-0.2, 0) is 27.9 Å². The van der Waals surface area contributed by atoms with Crippen LogP contribution in [0.25, 0.3) is 0 Å². The first kappa shape index (κ1) is 22.6. The molecular formula is C25H23ClN2O2S2. The van der Waals surface area contributed by atoms with Crippen molar-refractivity contribution in [2.45, 2.75) is 28.2 Å². The van der Waals surface area contributed by atoms with Crippen molar-refractivity contribution in [3.8, 4) is 0 Å². The summed E-state index contributed by atoms with van der Waals surface area (Å²) < 4.78 is 27.7. The number of sulfone groups is 1. The smallest absolute Gasteiger partial charge is 0.182 e. The van der Waals surface area contributed by atoms with Crippen LogP contribution < -0.4 is 0 Å². The average Bonchev–Trinajstić information content (AvgIpc) is 3.31. The Kier molecular flexibility index (Phi) is 7.35. The lowest BCUT2D eigenvalue weighted by molar-refractivity contribution is 0.595. The van der Waals surface area contributed by atoms with Crippen molar-refractivity contribution in [1.29, 1.82) is 0 Å². The van der Waals surface area contributed by atoms with Crippen molar-refractivity contribution in [3.63, 3.8) is 0 Å². The predicted molar refractivity (Wildman–Crippen MR) is 131 cm³/mol. The Morgan fingerprint density at radius 2 is 1.62 bits per heavy atom. The lowest BCUT2D eigenvalue weighted by Gasteiger charge is -2.18. The molecule has 1 atom stereocenters. The Bertz CT molecular complexity index is 1230. The number of rotatable bonds is 9. The lowest BCUT2D eigenvalue weighted by atomic mass is 10.1. The summed E-state index contributed by atoms with van der Waals surface area (Å²) in [5.74, 6) is 0.821. The van der Waals surface area contributed by atoms with E-state index in [2.05, 4.69) is 4.98 Å². The molecule has 7 heteroatoms. The van der Waals surface area contributed by atoms with E-state index >= 15 is 0 Å². The van der Waals surface area contributed by atoms with Crippen LogP contribution >= 0.6 is 23.4 Å². The van der Waals surface area contributed by atoms with Gasteiger partial charge in [0.15, 0.2) is 9.84 Å². The Balaban J connectivity index is 1.52. The molecule has 0 saturated carbocycles. The van der Waals surface area contributed by atoms with Crippen LogP contribution in [0, 0.1) is 0 Å². The zero-order valence-electron chi connectivity index (χ0n) is 17.3. The fourth-order valence-electron chi connectivity index (χ4n) is 3.38. The molecule has 1 aromatic heterocycles. The lowest BCUT2D eigenvalue weighted by Crippen LogP contribution is -2.07. The molecule has 0 amide bonds. The number of hydrogen-bond donors (Lipinski definition) is 0. The predicted octanol–water partition coefficient (Wildman–Crippen LogP) is 6.19. The third-order valence-corrected chi connectivity index (χ3v) is 8.39. The molecule has 0 aliphatic heterocycles. The van der Waals surface area contributed by atoms with E-state index in [1.807, 2.05) is 77.5 Å². The van der Waals surface area contributed by atoms with Crippen molar-refractivity contribution in [2.24, 2.45) is 0 Å². The highest BCUT2D eigenvalue weighted by atomic mass is 35.5. The second kappa shape index (κ2) is 10.4. The van der Waals surface area contributed by atoms with Crippen LogP contribution in [0.5, 0.6) is 0 Å².